The molecule has 0 fully saturated rings. The molecule has 0 aromatic heterocycles. The minimum atomic E-state index is -3.47. The zero-order valence-electron chi connectivity index (χ0n) is 14.4. The minimum Gasteiger partial charge on any atom is -0.490 e. The Kier molecular flexibility index (Phi) is 6.20. The monoisotopic (exact) mass is 374 g/mol. The van der Waals surface area contributed by atoms with E-state index in [1.165, 1.54) is 18.2 Å². The molecule has 0 aliphatic heterocycles. The molecule has 0 heterocycles. The van der Waals surface area contributed by atoms with Gasteiger partial charge in [0.2, 0.25) is 0 Å². The molecule has 0 spiro atoms. The van der Waals surface area contributed by atoms with E-state index in [-0.39, 0.29) is 17.2 Å². The second-order valence-corrected chi connectivity index (χ2v) is 7.30. The maximum Gasteiger partial charge on any atom is 0.262 e. The van der Waals surface area contributed by atoms with Crippen LogP contribution in [0.3, 0.4) is 0 Å². The first-order valence-corrected chi connectivity index (χ1v) is 9.63. The highest BCUT2D eigenvalue weighted by atomic mass is 32.2. The maximum absolute atomic E-state index is 12.1. The van der Waals surface area contributed by atoms with Crippen LogP contribution in [0.2, 0.25) is 0 Å². The third-order valence-electron chi connectivity index (χ3n) is 3.29. The van der Waals surface area contributed by atoms with Crippen molar-refractivity contribution in [1.82, 2.24) is 0 Å². The van der Waals surface area contributed by atoms with Crippen LogP contribution >= 0.6 is 0 Å². The van der Waals surface area contributed by atoms with E-state index in [1.54, 1.807) is 31.2 Å². The molecule has 8 heteroatoms. The molecule has 0 saturated heterocycles. The average molecular weight is 374 g/mol. The lowest BCUT2D eigenvalue weighted by molar-refractivity contribution is -0.118. The van der Waals surface area contributed by atoms with E-state index >= 15 is 0 Å². The van der Waals surface area contributed by atoms with E-state index in [4.69, 9.17) is 14.7 Å². The highest BCUT2D eigenvalue weighted by Gasteiger charge is 2.15. The number of benzene rings is 2. The second kappa shape index (κ2) is 8.36. The van der Waals surface area contributed by atoms with Gasteiger partial charge in [-0.2, -0.15) is 5.26 Å². The number of anilines is 1. The van der Waals surface area contributed by atoms with E-state index in [1.807, 2.05) is 6.07 Å². The molecule has 136 valence electrons. The Morgan fingerprint density at radius 3 is 2.54 bits per heavy atom. The molecule has 2 aromatic rings. The van der Waals surface area contributed by atoms with Crippen molar-refractivity contribution in [3.8, 4) is 17.6 Å². The standard InChI is InChI=1S/C18H18N2O5S/c1-3-24-16-10-13(11-19)8-9-15(16)25-12-18(21)20-14-6-4-5-7-17(14)26(2,22)23/h4-10H,3,12H2,1-2H3,(H,20,21). The van der Waals surface area contributed by atoms with Crippen molar-refractivity contribution in [2.24, 2.45) is 0 Å². The Bertz CT molecular complexity index is 948. The molecule has 1 amide bonds. The number of carbonyl (C=O) groups is 1. The summed E-state index contributed by atoms with van der Waals surface area (Å²) in [6.45, 7) is 1.82. The number of rotatable bonds is 7. The first-order chi connectivity index (χ1) is 12.3. The first-order valence-electron chi connectivity index (χ1n) is 7.74. The SMILES string of the molecule is CCOc1cc(C#N)ccc1OCC(=O)Nc1ccccc1S(C)(=O)=O. The fourth-order valence-electron chi connectivity index (χ4n) is 2.19. The predicted octanol–water partition coefficient (Wildman–Crippen LogP) is 2.38. The molecule has 0 atom stereocenters. The largest absolute Gasteiger partial charge is 0.490 e. The van der Waals surface area contributed by atoms with Crippen LogP contribution in [0.25, 0.3) is 0 Å². The Morgan fingerprint density at radius 1 is 1.15 bits per heavy atom. The van der Waals surface area contributed by atoms with Gasteiger partial charge in [0.1, 0.15) is 0 Å². The Hall–Kier alpha value is -3.05. The molecule has 0 unspecified atom stereocenters. The van der Waals surface area contributed by atoms with Crippen molar-refractivity contribution in [1.29, 1.82) is 5.26 Å². The van der Waals surface area contributed by atoms with Gasteiger partial charge in [0.25, 0.3) is 5.91 Å². The van der Waals surface area contributed by atoms with Gasteiger partial charge in [0.05, 0.1) is 28.8 Å². The zero-order chi connectivity index (χ0) is 19.2. The molecule has 0 bridgehead atoms. The Labute approximate surface area is 152 Å². The lowest BCUT2D eigenvalue weighted by atomic mass is 10.2. The normalized spacial score (nSPS) is 10.7. The van der Waals surface area contributed by atoms with E-state index in [0.717, 1.165) is 6.26 Å². The molecule has 1 N–H and O–H groups in total. The lowest BCUT2D eigenvalue weighted by Gasteiger charge is -2.13. The molecule has 0 radical (unpaired) electrons. The van der Waals surface area contributed by atoms with Crippen molar-refractivity contribution < 1.29 is 22.7 Å². The number of sulfone groups is 1. The molecule has 2 rings (SSSR count). The molecule has 0 aliphatic rings. The second-order valence-electron chi connectivity index (χ2n) is 5.31. The summed E-state index contributed by atoms with van der Waals surface area (Å²) in [5, 5.41) is 11.5. The number of ether oxygens (including phenoxy) is 2. The van der Waals surface area contributed by atoms with Gasteiger partial charge < -0.3 is 14.8 Å². The fourth-order valence-corrected chi connectivity index (χ4v) is 3.03. The third kappa shape index (κ3) is 4.97. The first kappa shape index (κ1) is 19.3. The molecule has 0 aliphatic carbocycles. The van der Waals surface area contributed by atoms with Crippen LogP contribution in [-0.2, 0) is 14.6 Å². The van der Waals surface area contributed by atoms with E-state index in [2.05, 4.69) is 5.32 Å². The summed E-state index contributed by atoms with van der Waals surface area (Å²) in [6, 6.07) is 12.7. The lowest BCUT2D eigenvalue weighted by Crippen LogP contribution is -2.21. The molecule has 0 saturated carbocycles. The van der Waals surface area contributed by atoms with Crippen molar-refractivity contribution >= 4 is 21.4 Å². The third-order valence-corrected chi connectivity index (χ3v) is 4.45. The number of hydrogen-bond donors (Lipinski definition) is 1. The van der Waals surface area contributed by atoms with Crippen LogP contribution < -0.4 is 14.8 Å². The molecule has 7 nitrogen and oxygen atoms in total. The summed E-state index contributed by atoms with van der Waals surface area (Å²) in [5.74, 6) is 0.154. The van der Waals surface area contributed by atoms with Crippen LogP contribution in [-0.4, -0.2) is 33.8 Å². The molecule has 2 aromatic carbocycles. The van der Waals surface area contributed by atoms with Crippen molar-refractivity contribution in [2.45, 2.75) is 11.8 Å². The summed E-state index contributed by atoms with van der Waals surface area (Å²) in [4.78, 5) is 12.2. The van der Waals surface area contributed by atoms with Crippen LogP contribution in [0, 0.1) is 11.3 Å². The molecular formula is C18H18N2O5S. The number of amides is 1. The average Bonchev–Trinajstić information content (AvgIpc) is 2.60. The van der Waals surface area contributed by atoms with Gasteiger partial charge in [0.15, 0.2) is 27.9 Å². The van der Waals surface area contributed by atoms with Crippen molar-refractivity contribution in [2.75, 3.05) is 24.8 Å². The van der Waals surface area contributed by atoms with Gasteiger partial charge in [-0.15, -0.1) is 0 Å². The topological polar surface area (TPSA) is 105 Å². The minimum absolute atomic E-state index is 0.0294. The number of para-hydroxylation sites is 1. The maximum atomic E-state index is 12.1. The van der Waals surface area contributed by atoms with Crippen LogP contribution in [0.1, 0.15) is 12.5 Å². The van der Waals surface area contributed by atoms with Gasteiger partial charge in [-0.3, -0.25) is 4.79 Å². The summed E-state index contributed by atoms with van der Waals surface area (Å²) in [6.07, 6.45) is 1.07. The van der Waals surface area contributed by atoms with Crippen LogP contribution in [0.15, 0.2) is 47.4 Å². The molecule has 26 heavy (non-hydrogen) atoms. The molecular weight excluding hydrogens is 356 g/mol. The van der Waals surface area contributed by atoms with E-state index in [0.29, 0.717) is 23.7 Å². The quantitative estimate of drug-likeness (QED) is 0.798. The van der Waals surface area contributed by atoms with Crippen molar-refractivity contribution in [3.05, 3.63) is 48.0 Å². The number of nitriles is 1. The number of hydrogen-bond acceptors (Lipinski definition) is 6. The van der Waals surface area contributed by atoms with E-state index in [9.17, 15) is 13.2 Å². The zero-order valence-corrected chi connectivity index (χ0v) is 15.2. The summed E-state index contributed by atoms with van der Waals surface area (Å²) in [7, 11) is -3.47. The van der Waals surface area contributed by atoms with Gasteiger partial charge in [-0.05, 0) is 31.2 Å². The number of nitrogens with zero attached hydrogens (tertiary/aromatic N) is 1. The predicted molar refractivity (Wildman–Crippen MR) is 96.0 cm³/mol. The van der Waals surface area contributed by atoms with Gasteiger partial charge in [-0.25, -0.2) is 8.42 Å². The van der Waals surface area contributed by atoms with Gasteiger partial charge >= 0.3 is 0 Å². The summed E-state index contributed by atoms with van der Waals surface area (Å²) < 4.78 is 34.4. The summed E-state index contributed by atoms with van der Waals surface area (Å²) in [5.41, 5.74) is 0.598. The Morgan fingerprint density at radius 2 is 1.88 bits per heavy atom. The number of carbonyl (C=O) groups excluding carboxylic acids is 1. The highest BCUT2D eigenvalue weighted by molar-refractivity contribution is 7.90. The fraction of sp³-hybridized carbons (Fsp3) is 0.222. The van der Waals surface area contributed by atoms with Gasteiger partial charge in [-0.1, -0.05) is 12.1 Å². The Balaban J connectivity index is 2.10. The smallest absolute Gasteiger partial charge is 0.262 e. The van der Waals surface area contributed by atoms with Crippen LogP contribution in [0.5, 0.6) is 11.5 Å². The van der Waals surface area contributed by atoms with Gasteiger partial charge in [0, 0.05) is 12.3 Å². The van der Waals surface area contributed by atoms with Crippen LogP contribution in [0.4, 0.5) is 5.69 Å². The summed E-state index contributed by atoms with van der Waals surface area (Å²) >= 11 is 0. The highest BCUT2D eigenvalue weighted by Crippen LogP contribution is 2.28. The van der Waals surface area contributed by atoms with E-state index < -0.39 is 15.7 Å². The van der Waals surface area contributed by atoms with Crippen molar-refractivity contribution in [3.63, 3.8) is 0 Å². The number of nitrogens with one attached hydrogen (secondary N) is 1.